The summed E-state index contributed by atoms with van der Waals surface area (Å²) in [4.78, 5) is 17.6. The Bertz CT molecular complexity index is 1300. The van der Waals surface area contributed by atoms with E-state index >= 15 is 0 Å². The number of hydrogen-bond acceptors (Lipinski definition) is 4. The van der Waals surface area contributed by atoms with Gasteiger partial charge in [-0.05, 0) is 48.9 Å². The molecule has 4 aromatic rings. The summed E-state index contributed by atoms with van der Waals surface area (Å²) in [5.41, 5.74) is 7.64. The van der Waals surface area contributed by atoms with Crippen LogP contribution in [-0.2, 0) is 6.61 Å². The van der Waals surface area contributed by atoms with Crippen LogP contribution in [0.1, 0.15) is 33.4 Å². The minimum atomic E-state index is -0.698. The van der Waals surface area contributed by atoms with Crippen molar-refractivity contribution < 1.29 is 18.3 Å². The van der Waals surface area contributed by atoms with Crippen LogP contribution >= 0.6 is 36.4 Å². The molecule has 35 heavy (non-hydrogen) atoms. The summed E-state index contributed by atoms with van der Waals surface area (Å²) in [7, 11) is 0. The molecule has 186 valence electrons. The molecule has 11 heteroatoms. The molecule has 0 saturated carbocycles. The number of pyridine rings is 1. The van der Waals surface area contributed by atoms with Crippen molar-refractivity contribution in [2.45, 2.75) is 19.6 Å². The molecule has 0 spiro atoms. The topological polar surface area (TPSA) is 81.7 Å². The molecule has 0 bridgehead atoms. The molecule has 0 aliphatic rings. The van der Waals surface area contributed by atoms with E-state index in [4.69, 9.17) is 22.1 Å². The fraction of sp³-hybridized carbons (Fsp3) is 0.167. The number of aryl methyl sites for hydroxylation is 1. The van der Waals surface area contributed by atoms with Crippen molar-refractivity contribution in [3.63, 3.8) is 0 Å². The molecule has 0 aliphatic carbocycles. The quantitative estimate of drug-likeness (QED) is 0.326. The molecule has 6 nitrogen and oxygen atoms in total. The van der Waals surface area contributed by atoms with Crippen LogP contribution in [0.2, 0.25) is 5.02 Å². The smallest absolute Gasteiger partial charge is 0.270 e. The van der Waals surface area contributed by atoms with Crippen molar-refractivity contribution in [2.24, 2.45) is 5.73 Å². The normalized spacial score (nSPS) is 11.3. The predicted molar refractivity (Wildman–Crippen MR) is 136 cm³/mol. The van der Waals surface area contributed by atoms with Crippen LogP contribution in [-0.4, -0.2) is 21.8 Å². The summed E-state index contributed by atoms with van der Waals surface area (Å²) in [6.45, 7) is 1.56. The number of hydrogen-bond donors (Lipinski definition) is 2. The predicted octanol–water partition coefficient (Wildman–Crippen LogP) is 5.43. The zero-order valence-electron chi connectivity index (χ0n) is 18.5. The Labute approximate surface area is 218 Å². The Balaban J connectivity index is 0.00000216. The molecule has 0 radical (unpaired) electrons. The maximum Gasteiger partial charge on any atom is 0.270 e. The highest BCUT2D eigenvalue weighted by atomic mass is 35.5. The maximum absolute atomic E-state index is 13.9. The second kappa shape index (κ2) is 12.2. The first-order chi connectivity index (χ1) is 15.9. The van der Waals surface area contributed by atoms with Crippen LogP contribution in [0.4, 0.5) is 8.78 Å². The molecular formula is C24H23Cl3F2N4O2. The van der Waals surface area contributed by atoms with E-state index in [0.717, 1.165) is 5.56 Å². The number of aromatic nitrogens is 2. The third-order valence-corrected chi connectivity index (χ3v) is 5.50. The van der Waals surface area contributed by atoms with Gasteiger partial charge in [-0.2, -0.15) is 0 Å². The van der Waals surface area contributed by atoms with Crippen molar-refractivity contribution in [1.29, 1.82) is 0 Å². The highest BCUT2D eigenvalue weighted by Crippen LogP contribution is 2.25. The monoisotopic (exact) mass is 542 g/mol. The molecule has 2 aromatic carbocycles. The second-order valence-electron chi connectivity index (χ2n) is 7.41. The Morgan fingerprint density at radius 3 is 2.40 bits per heavy atom. The number of carbonyl (C=O) groups is 1. The second-order valence-corrected chi connectivity index (χ2v) is 7.85. The van der Waals surface area contributed by atoms with Gasteiger partial charge in [0.2, 0.25) is 0 Å². The number of carbonyl (C=O) groups excluding carboxylic acids is 1. The lowest BCUT2D eigenvalue weighted by molar-refractivity contribution is 0.0931. The van der Waals surface area contributed by atoms with E-state index in [-0.39, 0.29) is 55.2 Å². The van der Waals surface area contributed by atoms with Crippen molar-refractivity contribution in [3.8, 4) is 5.75 Å². The molecular weight excluding hydrogens is 521 g/mol. The van der Waals surface area contributed by atoms with Gasteiger partial charge in [-0.3, -0.25) is 9.20 Å². The number of fused-ring (bicyclic) bond motifs is 1. The Hall–Kier alpha value is -2.91. The van der Waals surface area contributed by atoms with Crippen LogP contribution < -0.4 is 15.8 Å². The number of ether oxygens (including phenoxy) is 1. The van der Waals surface area contributed by atoms with Crippen LogP contribution in [0.25, 0.3) is 5.65 Å². The average Bonchev–Trinajstić information content (AvgIpc) is 3.14. The highest BCUT2D eigenvalue weighted by molar-refractivity contribution is 6.30. The van der Waals surface area contributed by atoms with Gasteiger partial charge in [-0.15, -0.1) is 24.8 Å². The lowest BCUT2D eigenvalue weighted by atomic mass is 10.1. The van der Waals surface area contributed by atoms with E-state index in [1.54, 1.807) is 53.9 Å². The van der Waals surface area contributed by atoms with Crippen molar-refractivity contribution in [3.05, 3.63) is 100.0 Å². The number of amides is 1. The average molecular weight is 544 g/mol. The number of rotatable bonds is 7. The number of nitrogens with one attached hydrogen (secondary N) is 1. The van der Waals surface area contributed by atoms with E-state index in [0.29, 0.717) is 22.1 Å². The summed E-state index contributed by atoms with van der Waals surface area (Å²) in [5.74, 6) is -1.48. The van der Waals surface area contributed by atoms with E-state index in [1.807, 2.05) is 0 Å². The molecule has 0 saturated heterocycles. The van der Waals surface area contributed by atoms with Gasteiger partial charge in [0.1, 0.15) is 23.9 Å². The van der Waals surface area contributed by atoms with Gasteiger partial charge in [-0.1, -0.05) is 29.8 Å². The van der Waals surface area contributed by atoms with E-state index < -0.39 is 17.7 Å². The van der Waals surface area contributed by atoms with E-state index in [2.05, 4.69) is 10.3 Å². The van der Waals surface area contributed by atoms with E-state index in [9.17, 15) is 13.6 Å². The molecule has 2 aromatic heterocycles. The van der Waals surface area contributed by atoms with Crippen molar-refractivity contribution in [2.75, 3.05) is 6.54 Å². The van der Waals surface area contributed by atoms with Gasteiger partial charge in [0.25, 0.3) is 5.91 Å². The van der Waals surface area contributed by atoms with Gasteiger partial charge in [-0.25, -0.2) is 13.8 Å². The third-order valence-electron chi connectivity index (χ3n) is 5.25. The number of imidazole rings is 1. The summed E-state index contributed by atoms with van der Waals surface area (Å²) >= 11 is 5.95. The highest BCUT2D eigenvalue weighted by Gasteiger charge is 2.22. The maximum atomic E-state index is 13.9. The van der Waals surface area contributed by atoms with Crippen LogP contribution in [0.5, 0.6) is 5.75 Å². The lowest BCUT2D eigenvalue weighted by Gasteiger charge is -2.17. The first kappa shape index (κ1) is 28.3. The third kappa shape index (κ3) is 6.02. The Morgan fingerprint density at radius 2 is 1.77 bits per heavy atom. The first-order valence-corrected chi connectivity index (χ1v) is 10.6. The lowest BCUT2D eigenvalue weighted by Crippen LogP contribution is -2.34. The summed E-state index contributed by atoms with van der Waals surface area (Å²) in [5, 5.41) is 3.51. The fourth-order valence-corrected chi connectivity index (χ4v) is 3.69. The minimum Gasteiger partial charge on any atom is -0.485 e. The Kier molecular flexibility index (Phi) is 9.85. The number of nitrogens with zero attached hydrogens (tertiary/aromatic N) is 2. The van der Waals surface area contributed by atoms with Crippen LogP contribution in [0.15, 0.2) is 60.8 Å². The van der Waals surface area contributed by atoms with E-state index in [1.165, 1.54) is 18.2 Å². The summed E-state index contributed by atoms with van der Waals surface area (Å²) in [6.07, 6.45) is 1.67. The molecule has 3 N–H and O–H groups in total. The van der Waals surface area contributed by atoms with Crippen LogP contribution in [0.3, 0.4) is 0 Å². The van der Waals surface area contributed by atoms with Crippen molar-refractivity contribution >= 4 is 48.0 Å². The number of benzene rings is 2. The SMILES string of the molecule is Cc1nc2c(OCc3c(F)cccc3F)cccn2c1C(=O)NC(CN)c1ccc(Cl)cc1.Cl.Cl. The number of nitrogens with two attached hydrogens (primary N) is 1. The van der Waals surface area contributed by atoms with Gasteiger partial charge in [0, 0.05) is 17.8 Å². The van der Waals surface area contributed by atoms with Gasteiger partial charge in [0.05, 0.1) is 17.3 Å². The molecule has 1 amide bonds. The van der Waals surface area contributed by atoms with Crippen molar-refractivity contribution in [1.82, 2.24) is 14.7 Å². The molecule has 0 aliphatic heterocycles. The summed E-state index contributed by atoms with van der Waals surface area (Å²) in [6, 6.07) is 13.5. The summed E-state index contributed by atoms with van der Waals surface area (Å²) < 4.78 is 35.1. The molecule has 1 unspecified atom stereocenters. The Morgan fingerprint density at radius 1 is 1.11 bits per heavy atom. The molecule has 0 fully saturated rings. The zero-order chi connectivity index (χ0) is 23.5. The largest absolute Gasteiger partial charge is 0.485 e. The first-order valence-electron chi connectivity index (χ1n) is 10.2. The standard InChI is InChI=1S/C24H21ClF2N4O2.2ClH/c1-14-22(24(32)30-20(12-28)15-7-9-16(25)10-8-15)31-11-3-6-21(23(31)29-14)33-13-17-18(26)4-2-5-19(17)27;;/h2-11,20H,12-13,28H2,1H3,(H,30,32);2*1H. The van der Waals surface area contributed by atoms with Gasteiger partial charge >= 0.3 is 0 Å². The number of halogens is 5. The molecule has 2 heterocycles. The van der Waals surface area contributed by atoms with Gasteiger partial charge in [0.15, 0.2) is 11.4 Å². The molecule has 4 rings (SSSR count). The molecule has 1 atom stereocenters. The fourth-order valence-electron chi connectivity index (χ4n) is 3.56. The van der Waals surface area contributed by atoms with Gasteiger partial charge < -0.3 is 15.8 Å². The minimum absolute atomic E-state index is 0. The van der Waals surface area contributed by atoms with Crippen LogP contribution in [0, 0.1) is 18.6 Å². The zero-order valence-corrected chi connectivity index (χ0v) is 20.9.